The quantitative estimate of drug-likeness (QED) is 0.302. The van der Waals surface area contributed by atoms with Gasteiger partial charge < -0.3 is 43.5 Å². The fourth-order valence-electron chi connectivity index (χ4n) is 1.16. The van der Waals surface area contributed by atoms with Crippen molar-refractivity contribution < 1.29 is 31.1 Å². The van der Waals surface area contributed by atoms with E-state index in [2.05, 4.69) is 21.3 Å². The average Bonchev–Trinajstić information content (AvgIpc) is 2.15. The monoisotopic (exact) mass is 448 g/mol. The molecule has 1 aliphatic heterocycles. The number of hydrogen-bond acceptors (Lipinski definition) is 3. The Bertz CT molecular complexity index is 137. The van der Waals surface area contributed by atoms with Gasteiger partial charge in [-0.15, -0.1) is 50.3 Å². The van der Waals surface area contributed by atoms with Crippen molar-refractivity contribution in [1.29, 1.82) is 0 Å². The summed E-state index contributed by atoms with van der Waals surface area (Å²) in [5.41, 5.74) is 0. The Morgan fingerprint density at radius 2 is 0.783 bits per heavy atom. The summed E-state index contributed by atoms with van der Waals surface area (Å²) in [6.07, 6.45) is 0. The van der Waals surface area contributed by atoms with Gasteiger partial charge in [0.1, 0.15) is 0 Å². The van der Waals surface area contributed by atoms with E-state index in [0.29, 0.717) is 0 Å². The second kappa shape index (κ2) is 31.0. The molecule has 0 aromatic carbocycles. The number of halogens is 7. The zero-order chi connectivity index (χ0) is 13.0. The first-order chi connectivity index (χ1) is 8.00. The molecule has 0 unspecified atom stereocenters. The molecule has 0 aromatic rings. The molecule has 1 saturated heterocycles. The van der Waals surface area contributed by atoms with E-state index in [1.54, 1.807) is 0 Å². The van der Waals surface area contributed by atoms with Gasteiger partial charge >= 0.3 is 31.1 Å². The Morgan fingerprint density at radius 3 is 1.04 bits per heavy atom. The third kappa shape index (κ3) is 59.9. The molecule has 0 spiro atoms. The standard InChI is InChI=1S/C8H19N4.3CH3.3ClH.4FH.Ti/c1-2-10-5-6-12-8-7-11-4-3-9-1;;;;;;;;;;;/h9-11H,1-8H2;3*1H3;7*1H;/q4*-1;;;;;;;;+4/p-4. The Kier molecular flexibility index (Phi) is 59.2. The van der Waals surface area contributed by atoms with Gasteiger partial charge in [-0.2, -0.15) is 0 Å². The van der Waals surface area contributed by atoms with Crippen LogP contribution in [0.2, 0.25) is 0 Å². The van der Waals surface area contributed by atoms with E-state index in [-0.39, 0.29) is 59.5 Å². The number of hydrogen-bond donors (Lipinski definition) is 3. The van der Waals surface area contributed by atoms with Gasteiger partial charge in [0.2, 0.25) is 0 Å². The van der Waals surface area contributed by atoms with Crippen LogP contribution in [0.3, 0.4) is 0 Å². The molecule has 0 bridgehead atoms. The van der Waals surface area contributed by atoms with Crippen LogP contribution in [-0.2, 0) is 18.7 Å². The Hall–Kier alpha value is 1.14. The molecular weight excluding hydrogens is 418 g/mol. The van der Waals surface area contributed by atoms with E-state index in [1.807, 2.05) is 0 Å². The summed E-state index contributed by atoms with van der Waals surface area (Å²) >= 11 is -7.00. The van der Waals surface area contributed by atoms with Crippen LogP contribution in [-0.4, -0.2) is 52.4 Å². The Morgan fingerprint density at radius 1 is 0.565 bits per heavy atom. The summed E-state index contributed by atoms with van der Waals surface area (Å²) in [7, 11) is 0. The topological polar surface area (TPSA) is 50.2 Å². The molecule has 3 N–H and O–H groups in total. The van der Waals surface area contributed by atoms with E-state index in [4.69, 9.17) is 0 Å². The van der Waals surface area contributed by atoms with Gasteiger partial charge in [0.25, 0.3) is 0 Å². The predicted octanol–water partition coefficient (Wildman–Crippen LogP) is 3.44. The van der Waals surface area contributed by atoms with E-state index >= 15 is 0 Å². The molecule has 12 heteroatoms. The van der Waals surface area contributed by atoms with Crippen molar-refractivity contribution in [3.05, 3.63) is 27.6 Å². The van der Waals surface area contributed by atoms with E-state index < -0.39 is 18.7 Å². The molecule has 1 aliphatic rings. The van der Waals surface area contributed by atoms with E-state index in [9.17, 15) is 12.4 Å². The molecule has 0 atom stereocenters. The third-order valence-electron chi connectivity index (χ3n) is 1.85. The molecule has 1 fully saturated rings. The second-order valence-electron chi connectivity index (χ2n) is 3.35. The molecule has 152 valence electrons. The van der Waals surface area contributed by atoms with E-state index in [1.165, 1.54) is 0 Å². The van der Waals surface area contributed by atoms with Crippen molar-refractivity contribution >= 4 is 37.2 Å². The van der Waals surface area contributed by atoms with Crippen LogP contribution in [0.25, 0.3) is 5.32 Å². The Balaban J connectivity index is -0.0000000420. The summed E-state index contributed by atoms with van der Waals surface area (Å²) in [4.78, 5) is 0. The molecule has 4 nitrogen and oxygen atoms in total. The average molecular weight is 450 g/mol. The fraction of sp³-hybridized carbons (Fsp3) is 0.727. The van der Waals surface area contributed by atoms with Crippen LogP contribution in [0, 0.1) is 22.3 Å². The molecule has 0 radical (unpaired) electrons. The van der Waals surface area contributed by atoms with Crippen LogP contribution < -0.4 is 16.0 Å². The zero-order valence-electron chi connectivity index (χ0n) is 13.8. The van der Waals surface area contributed by atoms with Gasteiger partial charge in [0.05, 0.1) is 0 Å². The van der Waals surface area contributed by atoms with Gasteiger partial charge in [-0.3, -0.25) is 0 Å². The molecule has 0 amide bonds. The summed E-state index contributed by atoms with van der Waals surface area (Å²) in [5.74, 6) is 0. The van der Waals surface area contributed by atoms with Crippen molar-refractivity contribution in [2.45, 2.75) is 0 Å². The number of nitrogens with zero attached hydrogens (tertiary/aromatic N) is 1. The van der Waals surface area contributed by atoms with Crippen LogP contribution >= 0.6 is 37.2 Å². The summed E-state index contributed by atoms with van der Waals surface area (Å²) < 4.78 is 39.5. The minimum absolute atomic E-state index is 0. The minimum atomic E-state index is -7.00. The fourth-order valence-corrected chi connectivity index (χ4v) is 1.16. The molecule has 1 rings (SSSR count). The third-order valence-corrected chi connectivity index (χ3v) is 1.85. The molecule has 1 heterocycles. The van der Waals surface area contributed by atoms with Crippen molar-refractivity contribution in [2.24, 2.45) is 0 Å². The van der Waals surface area contributed by atoms with Gasteiger partial charge in [-0.05, 0) is 13.1 Å². The summed E-state index contributed by atoms with van der Waals surface area (Å²) in [5, 5.41) is 14.4. The molecular formula is C11H31Cl3F4N4Ti-4. The molecule has 0 saturated carbocycles. The Labute approximate surface area is 164 Å². The van der Waals surface area contributed by atoms with Crippen molar-refractivity contribution in [3.8, 4) is 0 Å². The number of nitrogens with one attached hydrogen (secondary N) is 3. The first-order valence-corrected chi connectivity index (χ1v) is 7.87. The van der Waals surface area contributed by atoms with Gasteiger partial charge in [0.15, 0.2) is 0 Å². The van der Waals surface area contributed by atoms with Gasteiger partial charge in [-0.1, -0.05) is 0 Å². The SMILES string of the molecule is C1CNCCNCCNCC[N-]1.Cl.Cl.Cl.[CH3-].[CH3-].[CH3-].[F][Ti]([F])([F])[F]. The molecule has 0 aromatic heterocycles. The van der Waals surface area contributed by atoms with Crippen LogP contribution in [0.1, 0.15) is 0 Å². The maximum atomic E-state index is 9.88. The molecule has 0 aliphatic carbocycles. The predicted molar refractivity (Wildman–Crippen MR) is 97.1 cm³/mol. The van der Waals surface area contributed by atoms with Crippen LogP contribution in [0.5, 0.6) is 0 Å². The second-order valence-corrected chi connectivity index (χ2v) is 4.69. The first-order valence-electron chi connectivity index (χ1n) is 5.51. The summed E-state index contributed by atoms with van der Waals surface area (Å²) in [6, 6.07) is 0. The zero-order valence-corrected chi connectivity index (χ0v) is 17.9. The van der Waals surface area contributed by atoms with Crippen molar-refractivity contribution in [3.63, 3.8) is 0 Å². The van der Waals surface area contributed by atoms with Gasteiger partial charge in [0, 0.05) is 26.2 Å². The van der Waals surface area contributed by atoms with Gasteiger partial charge in [-0.25, -0.2) is 0 Å². The van der Waals surface area contributed by atoms with Crippen molar-refractivity contribution in [2.75, 3.05) is 52.4 Å². The van der Waals surface area contributed by atoms with Crippen LogP contribution in [0.15, 0.2) is 0 Å². The van der Waals surface area contributed by atoms with Crippen molar-refractivity contribution in [1.82, 2.24) is 16.0 Å². The first kappa shape index (κ1) is 44.0. The maximum absolute atomic E-state index is 9.88. The normalized spacial score (nSPS) is 15.1. The summed E-state index contributed by atoms with van der Waals surface area (Å²) in [6.45, 7) is 8.14. The number of rotatable bonds is 0. The molecule has 23 heavy (non-hydrogen) atoms. The van der Waals surface area contributed by atoms with Crippen LogP contribution in [0.4, 0.5) is 12.4 Å². The van der Waals surface area contributed by atoms with E-state index in [0.717, 1.165) is 52.4 Å².